The first-order valence-corrected chi connectivity index (χ1v) is 18.6. The first-order chi connectivity index (χ1) is 26.7. The summed E-state index contributed by atoms with van der Waals surface area (Å²) in [6.45, 7) is 7.91. The number of aliphatic imine (C=N–C) groups is 1. The Kier molecular flexibility index (Phi) is 13.7. The van der Waals surface area contributed by atoms with Crippen LogP contribution in [0.4, 0.5) is 0 Å². The van der Waals surface area contributed by atoms with Gasteiger partial charge in [-0.3, -0.25) is 24.2 Å². The number of rotatable bonds is 16. The highest BCUT2D eigenvalue weighted by molar-refractivity contribution is 6.01. The molecule has 0 saturated heterocycles. The number of Topliss-reactive ketones (excluding diaryl/α,β-unsaturated/α-hetero) is 1. The normalized spacial score (nSPS) is 16.2. The molecule has 0 spiro atoms. The van der Waals surface area contributed by atoms with Crippen LogP contribution in [0.3, 0.4) is 0 Å². The van der Waals surface area contributed by atoms with Gasteiger partial charge in [0.15, 0.2) is 18.5 Å². The fourth-order valence-corrected chi connectivity index (χ4v) is 6.68. The van der Waals surface area contributed by atoms with Gasteiger partial charge in [-0.15, -0.1) is 0 Å². The van der Waals surface area contributed by atoms with Crippen molar-refractivity contribution in [3.05, 3.63) is 93.5 Å². The average molecular weight is 771 g/mol. The Morgan fingerprint density at radius 1 is 0.929 bits per heavy atom. The van der Waals surface area contributed by atoms with Gasteiger partial charge in [0.2, 0.25) is 11.8 Å². The smallest absolute Gasteiger partial charge is 0.326 e. The number of ether oxygens (including phenoxy) is 3. The summed E-state index contributed by atoms with van der Waals surface area (Å²) in [6, 6.07) is 12.4. The summed E-state index contributed by atoms with van der Waals surface area (Å²) in [6.07, 6.45) is -0.111. The second kappa shape index (κ2) is 18.6. The number of carboxylic acid groups (broad SMARTS) is 1. The van der Waals surface area contributed by atoms with E-state index in [2.05, 4.69) is 20.9 Å². The van der Waals surface area contributed by atoms with Crippen LogP contribution in [0.25, 0.3) is 0 Å². The molecule has 56 heavy (non-hydrogen) atoms. The number of fused-ring (bicyclic) bond motifs is 2. The lowest BCUT2D eigenvalue weighted by molar-refractivity contribution is -0.142. The molecule has 15 heteroatoms. The zero-order valence-corrected chi connectivity index (χ0v) is 32.1. The van der Waals surface area contributed by atoms with Crippen LogP contribution in [0.5, 0.6) is 11.5 Å². The molecule has 0 aliphatic carbocycles. The Morgan fingerprint density at radius 2 is 1.62 bits per heavy atom. The number of aryl methyl sites for hydroxylation is 2. The largest absolute Gasteiger partial charge is 0.484 e. The van der Waals surface area contributed by atoms with Gasteiger partial charge in [-0.1, -0.05) is 44.2 Å². The SMILES string of the molecule is Cc1cc2c(cc1C)C(=O)C[C@H](c1cc(C(=O)N[C@H](Cc3ccccc3)C(=O)N[C@H](CC(C)C)C(=O)N[C@H](CCCN=C(N)N)C(=O)O)cc3c1OCOC3)O2. The summed E-state index contributed by atoms with van der Waals surface area (Å²) in [5.41, 5.74) is 15.2. The van der Waals surface area contributed by atoms with Crippen LogP contribution >= 0.6 is 0 Å². The third-order valence-electron chi connectivity index (χ3n) is 9.69. The quantitative estimate of drug-likeness (QED) is 0.0702. The maximum absolute atomic E-state index is 14.2. The third-order valence-corrected chi connectivity index (χ3v) is 9.69. The molecule has 0 fully saturated rings. The highest BCUT2D eigenvalue weighted by Gasteiger charge is 2.34. The molecule has 0 saturated carbocycles. The first kappa shape index (κ1) is 41.2. The predicted molar refractivity (Wildman–Crippen MR) is 207 cm³/mol. The van der Waals surface area contributed by atoms with E-state index in [1.54, 1.807) is 12.1 Å². The van der Waals surface area contributed by atoms with Crippen LogP contribution in [-0.2, 0) is 32.1 Å². The number of amides is 3. The lowest BCUT2D eigenvalue weighted by atomic mass is 9.91. The molecule has 0 aromatic heterocycles. The molecule has 3 amide bonds. The van der Waals surface area contributed by atoms with Gasteiger partial charge in [0.1, 0.15) is 35.7 Å². The highest BCUT2D eigenvalue weighted by Crippen LogP contribution is 2.42. The van der Waals surface area contributed by atoms with Crippen LogP contribution < -0.4 is 36.9 Å². The molecule has 298 valence electrons. The molecule has 5 rings (SSSR count). The van der Waals surface area contributed by atoms with E-state index < -0.39 is 47.9 Å². The standard InChI is InChI=1S/C41H50N6O9/c1-22(2)13-31(38(50)45-30(40(52)53)11-8-12-44-41(42)43)47-39(51)32(16-25-9-6-5-7-10-25)46-37(49)26-17-27-20-54-21-55-36(27)29(18-26)35-19-33(48)28-14-23(3)24(4)15-34(28)56-35/h5-7,9-10,14-15,17-18,22,30-32,35H,8,11-13,16,19-21H2,1-4H3,(H,45,50)(H,46,49)(H,47,51)(H,52,53)(H4,42,43,44)/t30-,31-,32-,35-/m1/s1. The van der Waals surface area contributed by atoms with Gasteiger partial charge in [-0.2, -0.15) is 0 Å². The minimum absolute atomic E-state index is 0.0171. The summed E-state index contributed by atoms with van der Waals surface area (Å²) in [7, 11) is 0. The Hall–Kier alpha value is -5.96. The van der Waals surface area contributed by atoms with Crippen LogP contribution in [-0.4, -0.2) is 72.0 Å². The number of hydrogen-bond acceptors (Lipinski definition) is 9. The first-order valence-electron chi connectivity index (χ1n) is 18.6. The maximum Gasteiger partial charge on any atom is 0.326 e. The minimum atomic E-state index is -1.25. The van der Waals surface area contributed by atoms with Gasteiger partial charge in [0.05, 0.1) is 18.6 Å². The molecular formula is C41H50N6O9. The zero-order chi connectivity index (χ0) is 40.5. The van der Waals surface area contributed by atoms with E-state index in [1.165, 1.54) is 0 Å². The second-order valence-corrected chi connectivity index (χ2v) is 14.6. The number of nitrogens with zero attached hydrogens (tertiary/aromatic N) is 1. The monoisotopic (exact) mass is 770 g/mol. The number of carboxylic acids is 1. The summed E-state index contributed by atoms with van der Waals surface area (Å²) in [5, 5.41) is 18.0. The molecule has 0 radical (unpaired) electrons. The van der Waals surface area contributed by atoms with Crippen molar-refractivity contribution in [1.29, 1.82) is 0 Å². The topological polar surface area (TPSA) is 234 Å². The second-order valence-electron chi connectivity index (χ2n) is 14.6. The van der Waals surface area contributed by atoms with E-state index in [0.29, 0.717) is 34.6 Å². The number of carbonyl (C=O) groups is 5. The van der Waals surface area contributed by atoms with Crippen molar-refractivity contribution in [2.45, 2.75) is 90.6 Å². The van der Waals surface area contributed by atoms with Crippen LogP contribution in [0.1, 0.15) is 94.2 Å². The van der Waals surface area contributed by atoms with Crippen molar-refractivity contribution < 1.29 is 43.3 Å². The molecule has 8 N–H and O–H groups in total. The van der Waals surface area contributed by atoms with Crippen LogP contribution in [0.15, 0.2) is 59.6 Å². The van der Waals surface area contributed by atoms with Gasteiger partial charge in [-0.05, 0) is 80.0 Å². The van der Waals surface area contributed by atoms with E-state index >= 15 is 0 Å². The number of hydrogen-bond donors (Lipinski definition) is 6. The van der Waals surface area contributed by atoms with Crippen molar-refractivity contribution in [3.63, 3.8) is 0 Å². The molecule has 0 bridgehead atoms. The molecule has 2 aliphatic heterocycles. The van der Waals surface area contributed by atoms with E-state index in [4.69, 9.17) is 25.7 Å². The molecular weight excluding hydrogens is 720 g/mol. The van der Waals surface area contributed by atoms with Gasteiger partial charge < -0.3 is 46.7 Å². The average Bonchev–Trinajstić information content (AvgIpc) is 3.15. The number of benzene rings is 3. The number of ketones is 1. The van der Waals surface area contributed by atoms with Crippen molar-refractivity contribution in [3.8, 4) is 11.5 Å². The Bertz CT molecular complexity index is 1980. The van der Waals surface area contributed by atoms with E-state index in [9.17, 15) is 29.1 Å². The van der Waals surface area contributed by atoms with Crippen molar-refractivity contribution in [1.82, 2.24) is 16.0 Å². The summed E-state index contributed by atoms with van der Waals surface area (Å²) >= 11 is 0. The fraction of sp³-hybridized carbons (Fsp3) is 0.415. The van der Waals surface area contributed by atoms with Crippen LogP contribution in [0.2, 0.25) is 0 Å². The predicted octanol–water partition coefficient (Wildman–Crippen LogP) is 3.37. The Morgan fingerprint density at radius 3 is 2.32 bits per heavy atom. The molecule has 2 heterocycles. The zero-order valence-electron chi connectivity index (χ0n) is 32.1. The van der Waals surface area contributed by atoms with Crippen molar-refractivity contribution in [2.24, 2.45) is 22.4 Å². The molecule has 3 aromatic carbocycles. The Labute approximate surface area is 325 Å². The number of guanidine groups is 1. The van der Waals surface area contributed by atoms with E-state index in [1.807, 2.05) is 70.2 Å². The lowest BCUT2D eigenvalue weighted by Crippen LogP contribution is -2.56. The van der Waals surface area contributed by atoms with Gasteiger partial charge >= 0.3 is 5.97 Å². The highest BCUT2D eigenvalue weighted by atomic mass is 16.7. The minimum Gasteiger partial charge on any atom is -0.484 e. The Balaban J connectivity index is 1.40. The van der Waals surface area contributed by atoms with E-state index in [0.717, 1.165) is 16.7 Å². The van der Waals surface area contributed by atoms with Crippen molar-refractivity contribution in [2.75, 3.05) is 13.3 Å². The van der Waals surface area contributed by atoms with Gasteiger partial charge in [-0.25, -0.2) is 4.79 Å². The molecule has 2 aliphatic rings. The summed E-state index contributed by atoms with van der Waals surface area (Å²) in [4.78, 5) is 71.0. The van der Waals surface area contributed by atoms with Crippen LogP contribution in [0, 0.1) is 19.8 Å². The fourth-order valence-electron chi connectivity index (χ4n) is 6.68. The van der Waals surface area contributed by atoms with Crippen molar-refractivity contribution >= 4 is 35.4 Å². The number of nitrogens with two attached hydrogens (primary N) is 2. The van der Waals surface area contributed by atoms with Gasteiger partial charge in [0, 0.05) is 29.7 Å². The third kappa shape index (κ3) is 10.6. The summed E-state index contributed by atoms with van der Waals surface area (Å²) in [5.74, 6) is -2.54. The molecule has 0 unspecified atom stereocenters. The number of carbonyl (C=O) groups excluding carboxylic acids is 4. The maximum atomic E-state index is 14.2. The molecule has 3 aromatic rings. The molecule has 15 nitrogen and oxygen atoms in total. The lowest BCUT2D eigenvalue weighted by Gasteiger charge is -2.30. The van der Waals surface area contributed by atoms with Gasteiger partial charge in [0.25, 0.3) is 5.91 Å². The number of aliphatic carboxylic acids is 1. The summed E-state index contributed by atoms with van der Waals surface area (Å²) < 4.78 is 17.8. The van der Waals surface area contributed by atoms with E-state index in [-0.39, 0.29) is 68.9 Å². The number of nitrogens with one attached hydrogen (secondary N) is 3. The molecule has 4 atom stereocenters.